The van der Waals surface area contributed by atoms with Gasteiger partial charge in [-0.05, 0) is 49.8 Å². The second kappa shape index (κ2) is 9.13. The van der Waals surface area contributed by atoms with Crippen LogP contribution in [-0.4, -0.2) is 37.5 Å². The zero-order chi connectivity index (χ0) is 24.7. The third-order valence-corrected chi connectivity index (χ3v) is 8.13. The summed E-state index contributed by atoms with van der Waals surface area (Å²) in [5, 5.41) is 10.4. The molecule has 2 aromatic carbocycles. The molecule has 1 amide bonds. The van der Waals surface area contributed by atoms with Crippen molar-refractivity contribution in [2.75, 3.05) is 30.0 Å². The Morgan fingerprint density at radius 3 is 2.49 bits per heavy atom. The fourth-order valence-corrected chi connectivity index (χ4v) is 6.27. The molecule has 1 atom stereocenters. The Balaban J connectivity index is 1.53. The minimum Gasteiger partial charge on any atom is -0.503 e. The number of aldehydes is 1. The van der Waals surface area contributed by atoms with Crippen molar-refractivity contribution in [1.82, 2.24) is 0 Å². The number of anilines is 2. The number of amides is 1. The second-order valence-electron chi connectivity index (χ2n) is 9.93. The van der Waals surface area contributed by atoms with Gasteiger partial charge in [-0.3, -0.25) is 9.69 Å². The molecule has 0 bridgehead atoms. The van der Waals surface area contributed by atoms with Crippen LogP contribution in [0.15, 0.2) is 30.3 Å². The summed E-state index contributed by atoms with van der Waals surface area (Å²) in [4.78, 5) is 27.6. The number of rotatable bonds is 6. The van der Waals surface area contributed by atoms with Crippen LogP contribution in [0, 0.1) is 23.0 Å². The summed E-state index contributed by atoms with van der Waals surface area (Å²) in [6, 6.07) is 6.64. The number of hydrogen-bond donors (Lipinski definition) is 1. The number of phenols is 1. The number of β-lactam (4-membered cyclic amide) rings is 1. The molecule has 186 valence electrons. The number of ether oxygens (including phenoxy) is 1. The average molecular weight is 485 g/mol. The molecule has 35 heavy (non-hydrogen) atoms. The highest BCUT2D eigenvalue weighted by molar-refractivity contribution is 6.07. The van der Waals surface area contributed by atoms with E-state index >= 15 is 4.39 Å². The minimum atomic E-state index is -0.812. The van der Waals surface area contributed by atoms with Crippen molar-refractivity contribution >= 4 is 23.6 Å². The lowest BCUT2D eigenvalue weighted by molar-refractivity contribution is -0.139. The first-order valence-electron chi connectivity index (χ1n) is 12.3. The van der Waals surface area contributed by atoms with E-state index in [1.165, 1.54) is 30.2 Å². The predicted octanol–water partition coefficient (Wildman–Crippen LogP) is 5.13. The van der Waals surface area contributed by atoms with Crippen molar-refractivity contribution in [3.05, 3.63) is 47.5 Å². The molecule has 1 spiro atoms. The SMILES string of the molecule is COc1cc(N2CCC(CC=O)CC2)c(F)cc1[C@@H]1N(c2cccc(F)c2O)C(=O)C12CCCC2. The molecule has 0 aromatic heterocycles. The average Bonchev–Trinajstić information content (AvgIpc) is 3.38. The van der Waals surface area contributed by atoms with Crippen LogP contribution in [0.4, 0.5) is 20.2 Å². The Labute approximate surface area is 203 Å². The first-order valence-corrected chi connectivity index (χ1v) is 12.3. The summed E-state index contributed by atoms with van der Waals surface area (Å²) >= 11 is 0. The van der Waals surface area contributed by atoms with Gasteiger partial charge in [0.15, 0.2) is 11.6 Å². The van der Waals surface area contributed by atoms with Crippen LogP contribution in [0.1, 0.15) is 56.6 Å². The molecule has 0 unspecified atom stereocenters. The van der Waals surface area contributed by atoms with E-state index in [1.54, 1.807) is 6.07 Å². The summed E-state index contributed by atoms with van der Waals surface area (Å²) < 4.78 is 35.5. The lowest BCUT2D eigenvalue weighted by Crippen LogP contribution is -2.62. The van der Waals surface area contributed by atoms with E-state index in [1.807, 2.05) is 4.90 Å². The number of benzene rings is 2. The maximum atomic E-state index is 15.6. The summed E-state index contributed by atoms with van der Waals surface area (Å²) in [5.41, 5.74) is 0.324. The number of hydrogen-bond acceptors (Lipinski definition) is 5. The van der Waals surface area contributed by atoms with Gasteiger partial charge in [-0.2, -0.15) is 0 Å². The summed E-state index contributed by atoms with van der Waals surface area (Å²) in [6.45, 7) is 1.29. The van der Waals surface area contributed by atoms with Gasteiger partial charge in [0.25, 0.3) is 0 Å². The van der Waals surface area contributed by atoms with Crippen molar-refractivity contribution in [3.8, 4) is 11.5 Å². The molecule has 2 aliphatic heterocycles. The first kappa shape index (κ1) is 23.6. The number of aromatic hydroxyl groups is 1. The normalized spacial score (nSPS) is 21.9. The summed E-state index contributed by atoms with van der Waals surface area (Å²) in [5.74, 6) is -1.21. The zero-order valence-electron chi connectivity index (χ0n) is 19.8. The van der Waals surface area contributed by atoms with E-state index in [-0.39, 0.29) is 11.6 Å². The van der Waals surface area contributed by atoms with Crippen molar-refractivity contribution in [1.29, 1.82) is 0 Å². The smallest absolute Gasteiger partial charge is 0.236 e. The van der Waals surface area contributed by atoms with Crippen LogP contribution >= 0.6 is 0 Å². The lowest BCUT2D eigenvalue weighted by Gasteiger charge is -2.55. The van der Waals surface area contributed by atoms with Crippen molar-refractivity contribution < 1.29 is 28.2 Å². The number of carbonyl (C=O) groups is 2. The van der Waals surface area contributed by atoms with Gasteiger partial charge >= 0.3 is 0 Å². The number of para-hydroxylation sites is 1. The van der Waals surface area contributed by atoms with E-state index < -0.39 is 28.8 Å². The molecule has 5 rings (SSSR count). The van der Waals surface area contributed by atoms with Gasteiger partial charge in [0.2, 0.25) is 5.91 Å². The van der Waals surface area contributed by atoms with Gasteiger partial charge in [0.05, 0.1) is 29.9 Å². The number of methoxy groups -OCH3 is 1. The number of phenolic OH excluding ortho intramolecular Hbond substituents is 1. The molecule has 2 heterocycles. The molecule has 3 aliphatic rings. The molecule has 1 N–H and O–H groups in total. The van der Waals surface area contributed by atoms with Gasteiger partial charge in [-0.15, -0.1) is 0 Å². The van der Waals surface area contributed by atoms with E-state index in [9.17, 15) is 19.1 Å². The molecular weight excluding hydrogens is 454 g/mol. The molecule has 8 heteroatoms. The zero-order valence-corrected chi connectivity index (χ0v) is 19.8. The van der Waals surface area contributed by atoms with E-state index in [4.69, 9.17) is 4.74 Å². The fourth-order valence-electron chi connectivity index (χ4n) is 6.27. The number of nitrogens with zero attached hydrogens (tertiary/aromatic N) is 2. The molecule has 2 aromatic rings. The van der Waals surface area contributed by atoms with Gasteiger partial charge < -0.3 is 19.5 Å². The summed E-state index contributed by atoms with van der Waals surface area (Å²) in [7, 11) is 1.52. The van der Waals surface area contributed by atoms with Crippen LogP contribution in [0.3, 0.4) is 0 Å². The van der Waals surface area contributed by atoms with Gasteiger partial charge in [0, 0.05) is 31.1 Å². The van der Waals surface area contributed by atoms with Crippen LogP contribution in [-0.2, 0) is 9.59 Å². The quantitative estimate of drug-likeness (QED) is 0.455. The van der Waals surface area contributed by atoms with E-state index in [0.717, 1.165) is 38.0 Å². The van der Waals surface area contributed by atoms with Gasteiger partial charge in [-0.1, -0.05) is 18.9 Å². The van der Waals surface area contributed by atoms with Crippen LogP contribution in [0.2, 0.25) is 0 Å². The second-order valence-corrected chi connectivity index (χ2v) is 9.93. The molecule has 2 saturated heterocycles. The van der Waals surface area contributed by atoms with Crippen molar-refractivity contribution in [3.63, 3.8) is 0 Å². The highest BCUT2D eigenvalue weighted by Crippen LogP contribution is 2.62. The predicted molar refractivity (Wildman–Crippen MR) is 128 cm³/mol. The third-order valence-electron chi connectivity index (χ3n) is 8.13. The highest BCUT2D eigenvalue weighted by atomic mass is 19.1. The first-order chi connectivity index (χ1) is 16.9. The van der Waals surface area contributed by atoms with E-state index in [0.29, 0.717) is 55.3 Å². The Morgan fingerprint density at radius 2 is 1.83 bits per heavy atom. The van der Waals surface area contributed by atoms with Gasteiger partial charge in [-0.25, -0.2) is 8.78 Å². The molecule has 1 saturated carbocycles. The fraction of sp³-hybridized carbons (Fsp3) is 0.481. The Bertz CT molecular complexity index is 1140. The lowest BCUT2D eigenvalue weighted by atomic mass is 9.66. The molecule has 1 aliphatic carbocycles. The number of carbonyl (C=O) groups excluding carboxylic acids is 2. The maximum Gasteiger partial charge on any atom is 0.236 e. The molecule has 3 fully saturated rings. The summed E-state index contributed by atoms with van der Waals surface area (Å²) in [6.07, 6.45) is 6.16. The van der Waals surface area contributed by atoms with E-state index in [2.05, 4.69) is 0 Å². The highest BCUT2D eigenvalue weighted by Gasteiger charge is 2.63. The Morgan fingerprint density at radius 1 is 1.11 bits per heavy atom. The molecular formula is C27H30F2N2O4. The van der Waals surface area contributed by atoms with Crippen molar-refractivity contribution in [2.24, 2.45) is 11.3 Å². The molecule has 0 radical (unpaired) electrons. The third kappa shape index (κ3) is 3.74. The molecule has 6 nitrogen and oxygen atoms in total. The van der Waals surface area contributed by atoms with Crippen LogP contribution < -0.4 is 14.5 Å². The topological polar surface area (TPSA) is 70.1 Å². The Hall–Kier alpha value is -3.16. The largest absolute Gasteiger partial charge is 0.503 e. The standard InChI is InChI=1S/C27H30F2N2O4/c1-35-23-16-22(30-12-7-17(8-13-30)9-14-32)20(29)15-18(23)25-27(10-2-3-11-27)26(34)31(25)21-6-4-5-19(28)24(21)33/h4-6,14-17,25,33H,2-3,7-13H2,1H3/t25-/m0/s1. The monoisotopic (exact) mass is 484 g/mol. The van der Waals surface area contributed by atoms with Crippen LogP contribution in [0.5, 0.6) is 11.5 Å². The number of halogens is 2. The maximum absolute atomic E-state index is 15.6. The minimum absolute atomic E-state index is 0.0845. The van der Waals surface area contributed by atoms with Gasteiger partial charge in [0.1, 0.15) is 17.9 Å². The Kier molecular flexibility index (Phi) is 6.15. The number of piperidine rings is 1. The van der Waals surface area contributed by atoms with Crippen LogP contribution in [0.25, 0.3) is 0 Å². The van der Waals surface area contributed by atoms with Crippen molar-refractivity contribution in [2.45, 2.75) is 51.0 Å².